The van der Waals surface area contributed by atoms with Gasteiger partial charge in [0.05, 0.1) is 0 Å². The predicted octanol–water partition coefficient (Wildman–Crippen LogP) is 5.89. The second kappa shape index (κ2) is 13.1. The summed E-state index contributed by atoms with van der Waals surface area (Å²) >= 11 is 6.46. The van der Waals surface area contributed by atoms with E-state index in [-0.39, 0.29) is 31.0 Å². The number of aryl methyl sites for hydroxylation is 2. The summed E-state index contributed by atoms with van der Waals surface area (Å²) in [5.41, 5.74) is 3.85. The molecule has 3 rings (SSSR count). The van der Waals surface area contributed by atoms with Crippen molar-refractivity contribution in [2.75, 3.05) is 6.61 Å². The fourth-order valence-corrected chi connectivity index (χ4v) is 4.24. The van der Waals surface area contributed by atoms with Crippen LogP contribution in [0.1, 0.15) is 42.5 Å². The van der Waals surface area contributed by atoms with Gasteiger partial charge in [0, 0.05) is 24.0 Å². The highest BCUT2D eigenvalue weighted by Gasteiger charge is 2.31. The van der Waals surface area contributed by atoms with Crippen molar-refractivity contribution in [2.45, 2.75) is 59.2 Å². The molecule has 36 heavy (non-hydrogen) atoms. The monoisotopic (exact) mass is 506 g/mol. The predicted molar refractivity (Wildman–Crippen MR) is 145 cm³/mol. The molecule has 3 aromatic carbocycles. The summed E-state index contributed by atoms with van der Waals surface area (Å²) in [7, 11) is 0. The van der Waals surface area contributed by atoms with E-state index in [1.54, 1.807) is 11.0 Å². The van der Waals surface area contributed by atoms with Gasteiger partial charge in [0.1, 0.15) is 11.8 Å². The normalized spacial score (nSPS) is 12.5. The molecule has 3 aromatic rings. The van der Waals surface area contributed by atoms with Crippen molar-refractivity contribution in [2.24, 2.45) is 0 Å². The van der Waals surface area contributed by atoms with Gasteiger partial charge < -0.3 is 15.0 Å². The third-order valence-corrected chi connectivity index (χ3v) is 6.50. The molecule has 5 nitrogen and oxygen atoms in total. The highest BCUT2D eigenvalue weighted by Crippen LogP contribution is 2.22. The first kappa shape index (κ1) is 27.3. The van der Waals surface area contributed by atoms with Crippen molar-refractivity contribution in [3.63, 3.8) is 0 Å². The first-order valence-corrected chi connectivity index (χ1v) is 12.7. The van der Waals surface area contributed by atoms with E-state index < -0.39 is 6.04 Å². The second-order valence-electron chi connectivity index (χ2n) is 9.25. The van der Waals surface area contributed by atoms with E-state index in [0.717, 1.165) is 28.7 Å². The van der Waals surface area contributed by atoms with E-state index in [1.807, 2.05) is 94.4 Å². The standard InChI is InChI=1S/C30H35ClN2O3/c1-5-23(4)32-30(35)28(18-24-11-7-6-8-12-24)33(19-25-13-9-10-14-27(25)31)29(34)20-36-26-16-21(2)15-22(3)17-26/h6-17,23,28H,5,18-20H2,1-4H3,(H,32,35)/t23-,28-/m1/s1. The van der Waals surface area contributed by atoms with Gasteiger partial charge in [-0.1, -0.05) is 73.1 Å². The lowest BCUT2D eigenvalue weighted by molar-refractivity contribution is -0.143. The van der Waals surface area contributed by atoms with Gasteiger partial charge >= 0.3 is 0 Å². The Morgan fingerprint density at radius 3 is 2.25 bits per heavy atom. The molecule has 0 aliphatic heterocycles. The number of rotatable bonds is 11. The topological polar surface area (TPSA) is 58.6 Å². The third-order valence-electron chi connectivity index (χ3n) is 6.13. The van der Waals surface area contributed by atoms with Crippen LogP contribution in [-0.4, -0.2) is 35.4 Å². The molecule has 0 spiro atoms. The first-order valence-electron chi connectivity index (χ1n) is 12.3. The molecule has 2 atom stereocenters. The molecule has 0 aromatic heterocycles. The van der Waals surface area contributed by atoms with Gasteiger partial charge in [-0.05, 0) is 67.6 Å². The zero-order chi connectivity index (χ0) is 26.1. The number of nitrogens with one attached hydrogen (secondary N) is 1. The number of hydrogen-bond acceptors (Lipinski definition) is 3. The average Bonchev–Trinajstić information content (AvgIpc) is 2.85. The molecule has 0 aliphatic carbocycles. The van der Waals surface area contributed by atoms with E-state index in [9.17, 15) is 9.59 Å². The van der Waals surface area contributed by atoms with Crippen LogP contribution in [0.2, 0.25) is 5.02 Å². The largest absolute Gasteiger partial charge is 0.484 e. The molecule has 0 radical (unpaired) electrons. The fourth-order valence-electron chi connectivity index (χ4n) is 4.05. The second-order valence-corrected chi connectivity index (χ2v) is 9.66. The van der Waals surface area contributed by atoms with Crippen LogP contribution in [0.4, 0.5) is 0 Å². The number of hydrogen-bond donors (Lipinski definition) is 1. The van der Waals surface area contributed by atoms with Crippen LogP contribution in [-0.2, 0) is 22.6 Å². The number of ether oxygens (including phenoxy) is 1. The Kier molecular flexibility index (Phi) is 9.95. The van der Waals surface area contributed by atoms with Crippen molar-refractivity contribution in [1.29, 1.82) is 0 Å². The lowest BCUT2D eigenvalue weighted by Crippen LogP contribution is -2.53. The maximum Gasteiger partial charge on any atom is 0.261 e. The minimum atomic E-state index is -0.729. The summed E-state index contributed by atoms with van der Waals surface area (Å²) < 4.78 is 5.90. The zero-order valence-electron chi connectivity index (χ0n) is 21.5. The smallest absolute Gasteiger partial charge is 0.261 e. The van der Waals surface area contributed by atoms with Crippen molar-refractivity contribution in [1.82, 2.24) is 10.2 Å². The van der Waals surface area contributed by atoms with Crippen molar-refractivity contribution >= 4 is 23.4 Å². The van der Waals surface area contributed by atoms with E-state index in [4.69, 9.17) is 16.3 Å². The van der Waals surface area contributed by atoms with Crippen LogP contribution in [0.5, 0.6) is 5.75 Å². The summed E-state index contributed by atoms with van der Waals surface area (Å²) in [6.07, 6.45) is 1.17. The quantitative estimate of drug-likeness (QED) is 0.352. The SMILES string of the molecule is CC[C@@H](C)NC(=O)[C@@H](Cc1ccccc1)N(Cc1ccccc1Cl)C(=O)COc1cc(C)cc(C)c1. The molecule has 1 N–H and O–H groups in total. The van der Waals surface area contributed by atoms with Gasteiger partial charge in [-0.25, -0.2) is 0 Å². The van der Waals surface area contributed by atoms with Gasteiger partial charge in [0.15, 0.2) is 6.61 Å². The maximum absolute atomic E-state index is 13.7. The fraction of sp³-hybridized carbons (Fsp3) is 0.333. The number of carbonyl (C=O) groups excluding carboxylic acids is 2. The van der Waals surface area contributed by atoms with Gasteiger partial charge in [-0.2, -0.15) is 0 Å². The molecule has 0 saturated carbocycles. The summed E-state index contributed by atoms with van der Waals surface area (Å²) in [6, 6.07) is 22.2. The van der Waals surface area contributed by atoms with Gasteiger partial charge in [-0.15, -0.1) is 0 Å². The Labute approximate surface area is 219 Å². The molecule has 0 saturated heterocycles. The minimum absolute atomic E-state index is 0.0143. The van der Waals surface area contributed by atoms with Crippen LogP contribution in [0, 0.1) is 13.8 Å². The molecular formula is C30H35ClN2O3. The van der Waals surface area contributed by atoms with E-state index in [0.29, 0.717) is 17.2 Å². The van der Waals surface area contributed by atoms with Crippen LogP contribution >= 0.6 is 11.6 Å². The van der Waals surface area contributed by atoms with Crippen LogP contribution in [0.25, 0.3) is 0 Å². The average molecular weight is 507 g/mol. The number of amides is 2. The molecule has 0 aliphatic rings. The Hall–Kier alpha value is -3.31. The van der Waals surface area contributed by atoms with Crippen LogP contribution < -0.4 is 10.1 Å². The highest BCUT2D eigenvalue weighted by molar-refractivity contribution is 6.31. The van der Waals surface area contributed by atoms with E-state index >= 15 is 0 Å². The summed E-state index contributed by atoms with van der Waals surface area (Å²) in [4.78, 5) is 28.8. The Bertz CT molecular complexity index is 1150. The van der Waals surface area contributed by atoms with Gasteiger partial charge in [0.2, 0.25) is 5.91 Å². The number of nitrogens with zero attached hydrogens (tertiary/aromatic N) is 1. The molecular weight excluding hydrogens is 472 g/mol. The van der Waals surface area contributed by atoms with Crippen LogP contribution in [0.15, 0.2) is 72.8 Å². The maximum atomic E-state index is 13.7. The molecule has 0 heterocycles. The number of halogens is 1. The Morgan fingerprint density at radius 1 is 0.972 bits per heavy atom. The third kappa shape index (κ3) is 7.85. The highest BCUT2D eigenvalue weighted by atomic mass is 35.5. The lowest BCUT2D eigenvalue weighted by atomic mass is 10.0. The Balaban J connectivity index is 1.93. The molecule has 190 valence electrons. The molecule has 2 amide bonds. The van der Waals surface area contributed by atoms with E-state index in [2.05, 4.69) is 5.32 Å². The lowest BCUT2D eigenvalue weighted by Gasteiger charge is -2.32. The molecule has 0 fully saturated rings. The van der Waals surface area contributed by atoms with Crippen LogP contribution in [0.3, 0.4) is 0 Å². The van der Waals surface area contributed by atoms with Gasteiger partial charge in [0.25, 0.3) is 5.91 Å². The van der Waals surface area contributed by atoms with Crippen molar-refractivity contribution in [3.05, 3.63) is 100 Å². The minimum Gasteiger partial charge on any atom is -0.484 e. The Morgan fingerprint density at radius 2 is 1.61 bits per heavy atom. The number of benzene rings is 3. The molecule has 6 heteroatoms. The van der Waals surface area contributed by atoms with E-state index in [1.165, 1.54) is 0 Å². The summed E-state index contributed by atoms with van der Waals surface area (Å²) in [5, 5.41) is 3.62. The zero-order valence-corrected chi connectivity index (χ0v) is 22.2. The summed E-state index contributed by atoms with van der Waals surface area (Å²) in [5.74, 6) is 0.150. The number of carbonyl (C=O) groups is 2. The van der Waals surface area contributed by atoms with Crippen molar-refractivity contribution in [3.8, 4) is 5.75 Å². The first-order chi connectivity index (χ1) is 17.3. The molecule has 0 unspecified atom stereocenters. The van der Waals surface area contributed by atoms with Crippen molar-refractivity contribution < 1.29 is 14.3 Å². The molecule has 0 bridgehead atoms. The summed E-state index contributed by atoms with van der Waals surface area (Å²) in [6.45, 7) is 7.96. The van der Waals surface area contributed by atoms with Gasteiger partial charge in [-0.3, -0.25) is 9.59 Å².